The van der Waals surface area contributed by atoms with E-state index in [9.17, 15) is 0 Å². The van der Waals surface area contributed by atoms with E-state index in [0.29, 0.717) is 12.4 Å². The van der Waals surface area contributed by atoms with Crippen LogP contribution in [0.1, 0.15) is 19.2 Å². The van der Waals surface area contributed by atoms with Gasteiger partial charge in [0, 0.05) is 11.8 Å². The van der Waals surface area contributed by atoms with Gasteiger partial charge < -0.3 is 10.5 Å². The second-order valence-corrected chi connectivity index (χ2v) is 3.94. The summed E-state index contributed by atoms with van der Waals surface area (Å²) in [5, 5.41) is 0. The largest absolute Gasteiger partial charge is 0.494 e. The zero-order chi connectivity index (χ0) is 12.8. The van der Waals surface area contributed by atoms with Gasteiger partial charge in [-0.15, -0.1) is 0 Å². The minimum Gasteiger partial charge on any atom is -0.494 e. The van der Waals surface area contributed by atoms with Gasteiger partial charge in [-0.2, -0.15) is 0 Å². The van der Waals surface area contributed by atoms with Gasteiger partial charge >= 0.3 is 0 Å². The summed E-state index contributed by atoms with van der Waals surface area (Å²) in [6.07, 6.45) is 2.74. The Hall–Kier alpha value is -1.94. The van der Waals surface area contributed by atoms with Crippen molar-refractivity contribution in [1.82, 2.24) is 9.97 Å². The molecule has 1 heterocycles. The molecule has 0 amide bonds. The molecule has 0 radical (unpaired) electrons. The lowest BCUT2D eigenvalue weighted by atomic mass is 10.1. The van der Waals surface area contributed by atoms with Crippen molar-refractivity contribution in [1.29, 1.82) is 0 Å². The average Bonchev–Trinajstić information content (AvgIpc) is 2.46. The lowest BCUT2D eigenvalue weighted by Crippen LogP contribution is -2.03. The summed E-state index contributed by atoms with van der Waals surface area (Å²) in [5.74, 6) is 1.53. The predicted octanol–water partition coefficient (Wildman–Crippen LogP) is 2.39. The van der Waals surface area contributed by atoms with E-state index in [2.05, 4.69) is 16.9 Å². The van der Waals surface area contributed by atoms with Gasteiger partial charge in [0.1, 0.15) is 11.6 Å². The molecule has 0 aliphatic heterocycles. The molecule has 1 aromatic heterocycles. The van der Waals surface area contributed by atoms with E-state index in [1.807, 2.05) is 30.3 Å². The first-order chi connectivity index (χ1) is 8.83. The number of hydrogen-bond acceptors (Lipinski definition) is 4. The summed E-state index contributed by atoms with van der Waals surface area (Å²) >= 11 is 0. The maximum absolute atomic E-state index is 5.54. The first kappa shape index (κ1) is 12.5. The highest BCUT2D eigenvalue weighted by molar-refractivity contribution is 5.59. The molecule has 0 saturated heterocycles. The Morgan fingerprint density at radius 2 is 1.94 bits per heavy atom. The van der Waals surface area contributed by atoms with Gasteiger partial charge in [-0.05, 0) is 36.8 Å². The standard InChI is InChI=1S/C14H17N3O/c1-2-9-18-12-5-3-11(4-6-12)13-7-8-16-14(10-15)17-13/h3-8H,2,9-10,15H2,1H3. The number of ether oxygens (including phenoxy) is 1. The molecule has 0 fully saturated rings. The van der Waals surface area contributed by atoms with Crippen molar-refractivity contribution < 1.29 is 4.74 Å². The smallest absolute Gasteiger partial charge is 0.142 e. The van der Waals surface area contributed by atoms with Crippen LogP contribution in [-0.2, 0) is 6.54 Å². The second-order valence-electron chi connectivity index (χ2n) is 3.94. The number of hydrogen-bond donors (Lipinski definition) is 1. The molecule has 18 heavy (non-hydrogen) atoms. The predicted molar refractivity (Wildman–Crippen MR) is 71.1 cm³/mol. The van der Waals surface area contributed by atoms with Crippen molar-refractivity contribution in [3.05, 3.63) is 42.4 Å². The molecular weight excluding hydrogens is 226 g/mol. The number of benzene rings is 1. The zero-order valence-corrected chi connectivity index (χ0v) is 10.5. The fourth-order valence-electron chi connectivity index (χ4n) is 1.60. The van der Waals surface area contributed by atoms with E-state index in [1.54, 1.807) is 6.20 Å². The molecule has 0 saturated carbocycles. The van der Waals surface area contributed by atoms with Gasteiger partial charge in [-0.1, -0.05) is 6.92 Å². The lowest BCUT2D eigenvalue weighted by molar-refractivity contribution is 0.317. The van der Waals surface area contributed by atoms with Crippen LogP contribution in [0.15, 0.2) is 36.5 Å². The maximum atomic E-state index is 5.54. The minimum atomic E-state index is 0.353. The van der Waals surface area contributed by atoms with Crippen molar-refractivity contribution in [3.8, 4) is 17.0 Å². The maximum Gasteiger partial charge on any atom is 0.142 e. The van der Waals surface area contributed by atoms with Crippen LogP contribution >= 0.6 is 0 Å². The highest BCUT2D eigenvalue weighted by Gasteiger charge is 2.01. The van der Waals surface area contributed by atoms with Crippen LogP contribution in [0.3, 0.4) is 0 Å². The summed E-state index contributed by atoms with van der Waals surface area (Å²) in [7, 11) is 0. The minimum absolute atomic E-state index is 0.353. The Bertz CT molecular complexity index is 497. The summed E-state index contributed by atoms with van der Waals surface area (Å²) in [5.41, 5.74) is 7.45. The molecule has 2 aromatic rings. The van der Waals surface area contributed by atoms with Gasteiger partial charge in [0.2, 0.25) is 0 Å². The number of rotatable bonds is 5. The second kappa shape index (κ2) is 6.12. The first-order valence-corrected chi connectivity index (χ1v) is 6.08. The van der Waals surface area contributed by atoms with Crippen LogP contribution in [0, 0.1) is 0 Å². The van der Waals surface area contributed by atoms with Gasteiger partial charge in [-0.3, -0.25) is 0 Å². The van der Waals surface area contributed by atoms with Crippen LogP contribution in [-0.4, -0.2) is 16.6 Å². The Kier molecular flexibility index (Phi) is 4.25. The quantitative estimate of drug-likeness (QED) is 0.876. The third-order valence-electron chi connectivity index (χ3n) is 2.51. The van der Waals surface area contributed by atoms with Crippen LogP contribution in [0.2, 0.25) is 0 Å². The molecule has 4 nitrogen and oxygen atoms in total. The first-order valence-electron chi connectivity index (χ1n) is 6.08. The van der Waals surface area contributed by atoms with Gasteiger partial charge in [-0.25, -0.2) is 9.97 Å². The Balaban J connectivity index is 2.17. The molecular formula is C14H17N3O. The average molecular weight is 243 g/mol. The summed E-state index contributed by atoms with van der Waals surface area (Å²) in [6.45, 7) is 3.18. The van der Waals surface area contributed by atoms with E-state index in [-0.39, 0.29) is 0 Å². The van der Waals surface area contributed by atoms with E-state index in [0.717, 1.165) is 30.0 Å². The van der Waals surface area contributed by atoms with Crippen molar-refractivity contribution in [2.45, 2.75) is 19.9 Å². The highest BCUT2D eigenvalue weighted by Crippen LogP contribution is 2.20. The molecule has 94 valence electrons. The van der Waals surface area contributed by atoms with Crippen LogP contribution in [0.25, 0.3) is 11.3 Å². The molecule has 4 heteroatoms. The van der Waals surface area contributed by atoms with E-state index in [1.165, 1.54) is 0 Å². The molecule has 0 spiro atoms. The number of aromatic nitrogens is 2. The number of nitrogens with two attached hydrogens (primary N) is 1. The van der Waals surface area contributed by atoms with Crippen molar-refractivity contribution in [3.63, 3.8) is 0 Å². The summed E-state index contributed by atoms with van der Waals surface area (Å²) in [6, 6.07) is 9.77. The molecule has 1 aromatic carbocycles. The SMILES string of the molecule is CCCOc1ccc(-c2ccnc(CN)n2)cc1. The van der Waals surface area contributed by atoms with E-state index in [4.69, 9.17) is 10.5 Å². The van der Waals surface area contributed by atoms with Gasteiger partial charge in [0.15, 0.2) is 0 Å². The van der Waals surface area contributed by atoms with Crippen molar-refractivity contribution >= 4 is 0 Å². The Morgan fingerprint density at radius 1 is 1.17 bits per heavy atom. The Labute approximate surface area is 107 Å². The van der Waals surface area contributed by atoms with Crippen LogP contribution in [0.5, 0.6) is 5.75 Å². The zero-order valence-electron chi connectivity index (χ0n) is 10.5. The highest BCUT2D eigenvalue weighted by atomic mass is 16.5. The molecule has 0 unspecified atom stereocenters. The third kappa shape index (κ3) is 3.05. The molecule has 2 N–H and O–H groups in total. The molecule has 0 aliphatic carbocycles. The molecule has 0 bridgehead atoms. The lowest BCUT2D eigenvalue weighted by Gasteiger charge is -2.06. The monoisotopic (exact) mass is 243 g/mol. The summed E-state index contributed by atoms with van der Waals surface area (Å²) < 4.78 is 5.54. The fourth-order valence-corrected chi connectivity index (χ4v) is 1.60. The third-order valence-corrected chi connectivity index (χ3v) is 2.51. The van der Waals surface area contributed by atoms with Crippen LogP contribution < -0.4 is 10.5 Å². The van der Waals surface area contributed by atoms with E-state index < -0.39 is 0 Å². The van der Waals surface area contributed by atoms with Gasteiger partial charge in [0.05, 0.1) is 18.8 Å². The molecule has 0 atom stereocenters. The van der Waals surface area contributed by atoms with E-state index >= 15 is 0 Å². The van der Waals surface area contributed by atoms with Crippen LogP contribution in [0.4, 0.5) is 0 Å². The molecule has 0 aliphatic rings. The number of nitrogens with zero attached hydrogens (tertiary/aromatic N) is 2. The molecule has 2 rings (SSSR count). The topological polar surface area (TPSA) is 61.0 Å². The summed E-state index contributed by atoms with van der Waals surface area (Å²) in [4.78, 5) is 8.46. The fraction of sp³-hybridized carbons (Fsp3) is 0.286. The normalized spacial score (nSPS) is 10.3. The van der Waals surface area contributed by atoms with Gasteiger partial charge in [0.25, 0.3) is 0 Å². The van der Waals surface area contributed by atoms with Crippen molar-refractivity contribution in [2.75, 3.05) is 6.61 Å². The Morgan fingerprint density at radius 3 is 2.61 bits per heavy atom. The van der Waals surface area contributed by atoms with Crippen molar-refractivity contribution in [2.24, 2.45) is 5.73 Å².